The lowest BCUT2D eigenvalue weighted by atomic mass is 9.98. The molecule has 0 bridgehead atoms. The third-order valence-corrected chi connectivity index (χ3v) is 4.00. The van der Waals surface area contributed by atoms with Crippen LogP contribution in [0.5, 0.6) is 0 Å². The molecule has 16 heavy (non-hydrogen) atoms. The summed E-state index contributed by atoms with van der Waals surface area (Å²) in [5.74, 6) is -0.172. The fraction of sp³-hybridized carbons (Fsp3) is 0.500. The molecular weight excluding hydrogens is 318 g/mol. The van der Waals surface area contributed by atoms with E-state index in [4.69, 9.17) is 5.73 Å². The first kappa shape index (κ1) is 12.1. The number of nitrogens with zero attached hydrogens (tertiary/aromatic N) is 1. The molecule has 1 saturated heterocycles. The smallest absolute Gasteiger partial charge is 0.124 e. The number of rotatable bonds is 1. The predicted molar refractivity (Wildman–Crippen MR) is 73.1 cm³/mol. The Morgan fingerprint density at radius 2 is 2.25 bits per heavy atom. The van der Waals surface area contributed by atoms with Gasteiger partial charge in [-0.2, -0.15) is 0 Å². The van der Waals surface area contributed by atoms with Crippen molar-refractivity contribution in [1.82, 2.24) is 0 Å². The molecule has 88 valence electrons. The maximum absolute atomic E-state index is 13.0. The van der Waals surface area contributed by atoms with Crippen molar-refractivity contribution >= 4 is 28.3 Å². The molecule has 1 heterocycles. The van der Waals surface area contributed by atoms with Gasteiger partial charge in [0.2, 0.25) is 0 Å². The first-order valence-corrected chi connectivity index (χ1v) is 6.63. The summed E-state index contributed by atoms with van der Waals surface area (Å²) in [4.78, 5) is 2.32. The minimum Gasteiger partial charge on any atom is -0.368 e. The highest BCUT2D eigenvalue weighted by atomic mass is 127. The van der Waals surface area contributed by atoms with Crippen molar-refractivity contribution in [2.45, 2.75) is 31.8 Å². The molecule has 2 rings (SSSR count). The molecule has 2 nitrogen and oxygen atoms in total. The van der Waals surface area contributed by atoms with E-state index in [2.05, 4.69) is 34.4 Å². The van der Waals surface area contributed by atoms with Crippen molar-refractivity contribution in [3.63, 3.8) is 0 Å². The van der Waals surface area contributed by atoms with Gasteiger partial charge in [0, 0.05) is 22.2 Å². The number of anilines is 1. The molecule has 2 N–H and O–H groups in total. The molecule has 2 atom stereocenters. The van der Waals surface area contributed by atoms with Gasteiger partial charge in [0.15, 0.2) is 0 Å². The maximum atomic E-state index is 13.0. The van der Waals surface area contributed by atoms with Crippen LogP contribution in [0.2, 0.25) is 0 Å². The van der Waals surface area contributed by atoms with E-state index in [9.17, 15) is 4.39 Å². The second-order valence-electron chi connectivity index (χ2n) is 4.42. The van der Waals surface area contributed by atoms with Gasteiger partial charge in [-0.3, -0.25) is 0 Å². The van der Waals surface area contributed by atoms with Crippen LogP contribution in [0.1, 0.15) is 19.8 Å². The number of piperidine rings is 1. The van der Waals surface area contributed by atoms with Crippen molar-refractivity contribution < 1.29 is 4.39 Å². The topological polar surface area (TPSA) is 29.3 Å². The molecule has 4 heteroatoms. The Hall–Kier alpha value is -0.360. The van der Waals surface area contributed by atoms with Gasteiger partial charge in [-0.1, -0.05) is 0 Å². The Kier molecular flexibility index (Phi) is 3.69. The first-order chi connectivity index (χ1) is 7.58. The average molecular weight is 334 g/mol. The van der Waals surface area contributed by atoms with Gasteiger partial charge in [-0.25, -0.2) is 4.39 Å². The van der Waals surface area contributed by atoms with E-state index in [1.165, 1.54) is 6.07 Å². The van der Waals surface area contributed by atoms with Crippen LogP contribution in [0.4, 0.5) is 10.1 Å². The molecule has 0 aromatic heterocycles. The van der Waals surface area contributed by atoms with Gasteiger partial charge >= 0.3 is 0 Å². The lowest BCUT2D eigenvalue weighted by Crippen LogP contribution is -2.45. The highest BCUT2D eigenvalue weighted by Crippen LogP contribution is 2.29. The number of nitrogens with two attached hydrogens (primary N) is 1. The third kappa shape index (κ3) is 2.48. The zero-order valence-electron chi connectivity index (χ0n) is 9.29. The van der Waals surface area contributed by atoms with Gasteiger partial charge < -0.3 is 10.6 Å². The number of hydrogen-bond donors (Lipinski definition) is 1. The number of hydrogen-bond acceptors (Lipinski definition) is 2. The lowest BCUT2D eigenvalue weighted by Gasteiger charge is -2.38. The van der Waals surface area contributed by atoms with Crippen LogP contribution in [0.25, 0.3) is 0 Å². The monoisotopic (exact) mass is 334 g/mol. The zero-order valence-corrected chi connectivity index (χ0v) is 11.4. The molecule has 0 saturated carbocycles. The number of halogens is 2. The summed E-state index contributed by atoms with van der Waals surface area (Å²) < 4.78 is 14.0. The van der Waals surface area contributed by atoms with E-state index < -0.39 is 0 Å². The molecule has 1 aromatic rings. The van der Waals surface area contributed by atoms with Crippen LogP contribution in [-0.2, 0) is 0 Å². The first-order valence-electron chi connectivity index (χ1n) is 5.55. The summed E-state index contributed by atoms with van der Waals surface area (Å²) in [5.41, 5.74) is 7.07. The van der Waals surface area contributed by atoms with Crippen molar-refractivity contribution in [1.29, 1.82) is 0 Å². The zero-order chi connectivity index (χ0) is 11.7. The van der Waals surface area contributed by atoms with E-state index >= 15 is 0 Å². The molecule has 1 aliphatic heterocycles. The highest BCUT2D eigenvalue weighted by molar-refractivity contribution is 14.1. The van der Waals surface area contributed by atoms with Crippen LogP contribution < -0.4 is 10.6 Å². The van der Waals surface area contributed by atoms with Crippen molar-refractivity contribution in [2.24, 2.45) is 5.73 Å². The van der Waals surface area contributed by atoms with Gasteiger partial charge in [0.1, 0.15) is 5.82 Å². The molecule has 1 aromatic carbocycles. The number of benzene rings is 1. The molecule has 0 radical (unpaired) electrons. The summed E-state index contributed by atoms with van der Waals surface area (Å²) >= 11 is 2.19. The molecule has 0 amide bonds. The second kappa shape index (κ2) is 4.87. The Bertz CT molecular complexity index is 383. The Labute approximate surface area is 109 Å². The fourth-order valence-electron chi connectivity index (χ4n) is 2.28. The van der Waals surface area contributed by atoms with Crippen molar-refractivity contribution in [3.8, 4) is 0 Å². The van der Waals surface area contributed by atoms with Gasteiger partial charge in [-0.15, -0.1) is 0 Å². The Balaban J connectivity index is 2.23. The molecule has 1 aliphatic rings. The van der Waals surface area contributed by atoms with E-state index in [0.717, 1.165) is 28.6 Å². The molecule has 1 fully saturated rings. The summed E-state index contributed by atoms with van der Waals surface area (Å²) in [5, 5.41) is 0. The molecule has 2 unspecified atom stereocenters. The van der Waals surface area contributed by atoms with Crippen molar-refractivity contribution in [2.75, 3.05) is 11.4 Å². The fourth-order valence-corrected chi connectivity index (χ4v) is 3.07. The van der Waals surface area contributed by atoms with Gasteiger partial charge in [-0.05, 0) is 60.6 Å². The predicted octanol–water partition coefficient (Wildman–Crippen LogP) is 2.75. The summed E-state index contributed by atoms with van der Waals surface area (Å²) in [6, 6.07) is 5.72. The molecule has 0 spiro atoms. The minimum absolute atomic E-state index is 0.172. The molecule has 0 aliphatic carbocycles. The lowest BCUT2D eigenvalue weighted by molar-refractivity contribution is 0.429. The standard InChI is InChI=1S/C12H16FIN2/c1-8-6-10(15)4-5-16(8)12-3-2-9(13)7-11(12)14/h2-3,7-8,10H,4-6,15H2,1H3. The summed E-state index contributed by atoms with van der Waals surface area (Å²) in [6.45, 7) is 3.14. The van der Waals surface area contributed by atoms with Gasteiger partial charge in [0.25, 0.3) is 0 Å². The van der Waals surface area contributed by atoms with E-state index in [0.29, 0.717) is 12.1 Å². The van der Waals surface area contributed by atoms with Crippen LogP contribution >= 0.6 is 22.6 Å². The van der Waals surface area contributed by atoms with Gasteiger partial charge in [0.05, 0.1) is 5.69 Å². The van der Waals surface area contributed by atoms with Crippen LogP contribution in [0.3, 0.4) is 0 Å². The highest BCUT2D eigenvalue weighted by Gasteiger charge is 2.24. The largest absolute Gasteiger partial charge is 0.368 e. The van der Waals surface area contributed by atoms with E-state index in [1.54, 1.807) is 6.07 Å². The normalized spacial score (nSPS) is 25.9. The van der Waals surface area contributed by atoms with Crippen LogP contribution in [0, 0.1) is 9.39 Å². The molecular formula is C12H16FIN2. The maximum Gasteiger partial charge on any atom is 0.124 e. The SMILES string of the molecule is CC1CC(N)CCN1c1ccc(F)cc1I. The Morgan fingerprint density at radius 3 is 2.88 bits per heavy atom. The van der Waals surface area contributed by atoms with E-state index in [-0.39, 0.29) is 5.82 Å². The average Bonchev–Trinajstić information content (AvgIpc) is 2.19. The second-order valence-corrected chi connectivity index (χ2v) is 5.58. The Morgan fingerprint density at radius 1 is 1.50 bits per heavy atom. The van der Waals surface area contributed by atoms with Crippen molar-refractivity contribution in [3.05, 3.63) is 27.6 Å². The van der Waals surface area contributed by atoms with Crippen LogP contribution in [-0.4, -0.2) is 18.6 Å². The van der Waals surface area contributed by atoms with E-state index in [1.807, 2.05) is 6.07 Å². The summed E-state index contributed by atoms with van der Waals surface area (Å²) in [6.07, 6.45) is 2.02. The van der Waals surface area contributed by atoms with Crippen LogP contribution in [0.15, 0.2) is 18.2 Å². The summed E-state index contributed by atoms with van der Waals surface area (Å²) in [7, 11) is 0. The third-order valence-electron chi connectivity index (χ3n) is 3.14. The minimum atomic E-state index is -0.172. The quantitative estimate of drug-likeness (QED) is 0.801.